The zero-order chi connectivity index (χ0) is 8.65. The first-order valence-corrected chi connectivity index (χ1v) is 4.18. The lowest BCUT2D eigenvalue weighted by Gasteiger charge is -2.31. The number of Topliss-reactive ketones (excluding diaryl/α,β-unsaturated/α-hetero) is 1. The standard InChI is InChI=1S/C10H16O/c1-7-5-6-8(2)10(3,4)9(7)11/h6-7H,5H2,1-4H3. The van der Waals surface area contributed by atoms with E-state index in [2.05, 4.69) is 6.08 Å². The fraction of sp³-hybridized carbons (Fsp3) is 0.700. The third-order valence-corrected chi connectivity index (χ3v) is 2.83. The van der Waals surface area contributed by atoms with Crippen molar-refractivity contribution in [3.8, 4) is 0 Å². The summed E-state index contributed by atoms with van der Waals surface area (Å²) in [5.41, 5.74) is 1.01. The summed E-state index contributed by atoms with van der Waals surface area (Å²) in [6.07, 6.45) is 3.11. The van der Waals surface area contributed by atoms with Crippen LogP contribution in [-0.4, -0.2) is 5.78 Å². The molecule has 0 N–H and O–H groups in total. The van der Waals surface area contributed by atoms with Crippen LogP contribution < -0.4 is 0 Å². The largest absolute Gasteiger partial charge is 0.298 e. The Balaban J connectivity index is 3.00. The van der Waals surface area contributed by atoms with Gasteiger partial charge in [-0.25, -0.2) is 0 Å². The van der Waals surface area contributed by atoms with Gasteiger partial charge in [-0.1, -0.05) is 18.6 Å². The van der Waals surface area contributed by atoms with E-state index in [1.807, 2.05) is 27.7 Å². The van der Waals surface area contributed by atoms with E-state index in [0.29, 0.717) is 5.78 Å². The molecule has 0 heterocycles. The summed E-state index contributed by atoms with van der Waals surface area (Å²) >= 11 is 0. The first kappa shape index (κ1) is 8.51. The van der Waals surface area contributed by atoms with Gasteiger partial charge in [0.2, 0.25) is 0 Å². The van der Waals surface area contributed by atoms with Crippen LogP contribution in [0.2, 0.25) is 0 Å². The first-order chi connectivity index (χ1) is 4.96. The smallest absolute Gasteiger partial charge is 0.145 e. The number of ketones is 1. The highest BCUT2D eigenvalue weighted by atomic mass is 16.1. The average Bonchev–Trinajstić information content (AvgIpc) is 1.95. The minimum absolute atomic E-state index is 0.211. The van der Waals surface area contributed by atoms with E-state index in [9.17, 15) is 4.79 Å². The number of hydrogen-bond acceptors (Lipinski definition) is 1. The van der Waals surface area contributed by atoms with Gasteiger partial charge in [0.25, 0.3) is 0 Å². The molecule has 0 bridgehead atoms. The fourth-order valence-corrected chi connectivity index (χ4v) is 1.53. The lowest BCUT2D eigenvalue weighted by atomic mass is 9.71. The molecule has 1 aliphatic rings. The molecule has 0 aromatic heterocycles. The molecule has 1 heteroatoms. The van der Waals surface area contributed by atoms with Crippen LogP contribution in [0, 0.1) is 11.3 Å². The third-order valence-electron chi connectivity index (χ3n) is 2.83. The zero-order valence-electron chi connectivity index (χ0n) is 7.77. The van der Waals surface area contributed by atoms with Gasteiger partial charge >= 0.3 is 0 Å². The highest BCUT2D eigenvalue weighted by Crippen LogP contribution is 2.35. The number of carbonyl (C=O) groups is 1. The maximum Gasteiger partial charge on any atom is 0.145 e. The molecular weight excluding hydrogens is 136 g/mol. The summed E-state index contributed by atoms with van der Waals surface area (Å²) in [5, 5.41) is 0. The Morgan fingerprint density at radius 3 is 2.55 bits per heavy atom. The van der Waals surface area contributed by atoms with E-state index < -0.39 is 0 Å². The van der Waals surface area contributed by atoms with Crippen molar-refractivity contribution in [3.05, 3.63) is 11.6 Å². The molecule has 0 aliphatic heterocycles. The summed E-state index contributed by atoms with van der Waals surface area (Å²) in [5.74, 6) is 0.603. The molecule has 1 atom stereocenters. The first-order valence-electron chi connectivity index (χ1n) is 4.18. The molecule has 0 spiro atoms. The van der Waals surface area contributed by atoms with E-state index >= 15 is 0 Å². The maximum absolute atomic E-state index is 11.6. The summed E-state index contributed by atoms with van der Waals surface area (Å²) in [4.78, 5) is 11.6. The van der Waals surface area contributed by atoms with Crippen molar-refractivity contribution in [2.75, 3.05) is 0 Å². The lowest BCUT2D eigenvalue weighted by Crippen LogP contribution is -2.33. The van der Waals surface area contributed by atoms with E-state index in [-0.39, 0.29) is 11.3 Å². The van der Waals surface area contributed by atoms with E-state index in [1.165, 1.54) is 5.57 Å². The molecule has 1 unspecified atom stereocenters. The number of rotatable bonds is 0. The van der Waals surface area contributed by atoms with Crippen molar-refractivity contribution >= 4 is 5.78 Å². The van der Waals surface area contributed by atoms with Gasteiger partial charge in [0.05, 0.1) is 0 Å². The SMILES string of the molecule is CC1=CCC(C)C(=O)C1(C)C. The normalized spacial score (nSPS) is 30.0. The molecule has 0 aromatic rings. The Kier molecular flexibility index (Phi) is 1.91. The number of carbonyl (C=O) groups excluding carboxylic acids is 1. The van der Waals surface area contributed by atoms with Crippen molar-refractivity contribution in [3.63, 3.8) is 0 Å². The Morgan fingerprint density at radius 2 is 2.09 bits per heavy atom. The fourth-order valence-electron chi connectivity index (χ4n) is 1.53. The Morgan fingerprint density at radius 1 is 1.55 bits per heavy atom. The van der Waals surface area contributed by atoms with Gasteiger partial charge in [-0.15, -0.1) is 0 Å². The molecule has 0 fully saturated rings. The molecule has 0 saturated heterocycles. The predicted molar refractivity (Wildman–Crippen MR) is 46.3 cm³/mol. The highest BCUT2D eigenvalue weighted by Gasteiger charge is 2.35. The van der Waals surface area contributed by atoms with Gasteiger partial charge in [-0.3, -0.25) is 4.79 Å². The number of hydrogen-bond donors (Lipinski definition) is 0. The maximum atomic E-state index is 11.6. The molecular formula is C10H16O. The third kappa shape index (κ3) is 1.24. The van der Waals surface area contributed by atoms with Crippen LogP contribution in [0.15, 0.2) is 11.6 Å². The summed E-state index contributed by atoms with van der Waals surface area (Å²) in [6, 6.07) is 0. The Hall–Kier alpha value is -0.590. The van der Waals surface area contributed by atoms with Crippen LogP contribution in [0.4, 0.5) is 0 Å². The highest BCUT2D eigenvalue weighted by molar-refractivity contribution is 5.90. The number of allylic oxidation sites excluding steroid dienone is 2. The van der Waals surface area contributed by atoms with Crippen molar-refractivity contribution < 1.29 is 4.79 Å². The molecule has 1 rings (SSSR count). The van der Waals surface area contributed by atoms with Crippen molar-refractivity contribution in [2.45, 2.75) is 34.1 Å². The van der Waals surface area contributed by atoms with Crippen LogP contribution in [0.1, 0.15) is 34.1 Å². The molecule has 0 aromatic carbocycles. The minimum atomic E-state index is -0.211. The van der Waals surface area contributed by atoms with Crippen molar-refractivity contribution in [1.82, 2.24) is 0 Å². The van der Waals surface area contributed by atoms with E-state index in [1.54, 1.807) is 0 Å². The van der Waals surface area contributed by atoms with Crippen LogP contribution in [0.3, 0.4) is 0 Å². The second-order valence-electron chi connectivity index (χ2n) is 4.01. The Labute approximate surface area is 68.5 Å². The Bertz CT molecular complexity index is 211. The van der Waals surface area contributed by atoms with Gasteiger partial charge in [0, 0.05) is 11.3 Å². The van der Waals surface area contributed by atoms with E-state index in [0.717, 1.165) is 6.42 Å². The second-order valence-corrected chi connectivity index (χ2v) is 4.01. The predicted octanol–water partition coefficient (Wildman–Crippen LogP) is 2.57. The summed E-state index contributed by atoms with van der Waals surface area (Å²) < 4.78 is 0. The lowest BCUT2D eigenvalue weighted by molar-refractivity contribution is -0.129. The topological polar surface area (TPSA) is 17.1 Å². The van der Waals surface area contributed by atoms with E-state index in [4.69, 9.17) is 0 Å². The van der Waals surface area contributed by atoms with Gasteiger partial charge in [0.1, 0.15) is 5.78 Å². The van der Waals surface area contributed by atoms with Gasteiger partial charge in [0.15, 0.2) is 0 Å². The van der Waals surface area contributed by atoms with Gasteiger partial charge < -0.3 is 0 Å². The van der Waals surface area contributed by atoms with Gasteiger partial charge in [-0.2, -0.15) is 0 Å². The molecule has 0 saturated carbocycles. The summed E-state index contributed by atoms with van der Waals surface area (Å²) in [7, 11) is 0. The second kappa shape index (κ2) is 2.47. The molecule has 62 valence electrons. The molecule has 1 aliphatic carbocycles. The van der Waals surface area contributed by atoms with Crippen LogP contribution in [0.5, 0.6) is 0 Å². The average molecular weight is 152 g/mol. The van der Waals surface area contributed by atoms with Crippen molar-refractivity contribution in [1.29, 1.82) is 0 Å². The monoisotopic (exact) mass is 152 g/mol. The summed E-state index contributed by atoms with van der Waals surface area (Å²) in [6.45, 7) is 8.07. The van der Waals surface area contributed by atoms with Gasteiger partial charge in [-0.05, 0) is 27.2 Å². The van der Waals surface area contributed by atoms with Crippen LogP contribution in [0.25, 0.3) is 0 Å². The zero-order valence-corrected chi connectivity index (χ0v) is 7.77. The molecule has 11 heavy (non-hydrogen) atoms. The molecule has 0 amide bonds. The van der Waals surface area contributed by atoms with Crippen LogP contribution >= 0.6 is 0 Å². The molecule has 1 nitrogen and oxygen atoms in total. The minimum Gasteiger partial charge on any atom is -0.298 e. The van der Waals surface area contributed by atoms with Crippen molar-refractivity contribution in [2.24, 2.45) is 11.3 Å². The molecule has 0 radical (unpaired) electrons. The van der Waals surface area contributed by atoms with Crippen LogP contribution in [-0.2, 0) is 4.79 Å². The quantitative estimate of drug-likeness (QED) is 0.487.